The minimum absolute atomic E-state index is 0.571. The third-order valence-electron chi connectivity index (χ3n) is 3.64. The fraction of sp³-hybridized carbons (Fsp3) is 0.222. The molecule has 3 aromatic rings. The number of hydrogen-bond donors (Lipinski definition) is 1. The predicted octanol–water partition coefficient (Wildman–Crippen LogP) is 5.27. The van der Waals surface area contributed by atoms with Crippen molar-refractivity contribution in [3.8, 4) is 11.3 Å². The minimum atomic E-state index is 0.571. The molecule has 2 aromatic carbocycles. The molecule has 1 aromatic heterocycles. The molecule has 1 heteroatoms. The number of rotatable bonds is 2. The zero-order valence-electron chi connectivity index (χ0n) is 11.7. The van der Waals surface area contributed by atoms with E-state index in [1.54, 1.807) is 0 Å². The highest BCUT2D eigenvalue weighted by molar-refractivity contribution is 5.86. The van der Waals surface area contributed by atoms with Gasteiger partial charge < -0.3 is 4.98 Å². The van der Waals surface area contributed by atoms with E-state index < -0.39 is 0 Å². The van der Waals surface area contributed by atoms with Crippen LogP contribution in [0.25, 0.3) is 22.2 Å². The molecule has 19 heavy (non-hydrogen) atoms. The second-order valence-electron chi connectivity index (χ2n) is 5.55. The first kappa shape index (κ1) is 12.0. The van der Waals surface area contributed by atoms with Gasteiger partial charge >= 0.3 is 0 Å². The van der Waals surface area contributed by atoms with E-state index in [0.717, 1.165) is 0 Å². The molecular formula is C18H19N. The average molecular weight is 249 g/mol. The lowest BCUT2D eigenvalue weighted by Gasteiger charge is -2.03. The summed E-state index contributed by atoms with van der Waals surface area (Å²) < 4.78 is 0. The Kier molecular flexibility index (Phi) is 2.90. The summed E-state index contributed by atoms with van der Waals surface area (Å²) in [6.07, 6.45) is 0. The third-order valence-corrected chi connectivity index (χ3v) is 3.64. The van der Waals surface area contributed by atoms with Crippen LogP contribution in [0.2, 0.25) is 0 Å². The predicted molar refractivity (Wildman–Crippen MR) is 82.6 cm³/mol. The molecular weight excluding hydrogens is 230 g/mol. The molecule has 0 saturated heterocycles. The summed E-state index contributed by atoms with van der Waals surface area (Å²) in [5, 5.41) is 1.29. The maximum absolute atomic E-state index is 3.51. The van der Waals surface area contributed by atoms with E-state index in [9.17, 15) is 0 Å². The van der Waals surface area contributed by atoms with Crippen molar-refractivity contribution in [2.45, 2.75) is 26.7 Å². The molecule has 96 valence electrons. The van der Waals surface area contributed by atoms with Crippen LogP contribution in [0.5, 0.6) is 0 Å². The smallest absolute Gasteiger partial charge is 0.0464 e. The van der Waals surface area contributed by atoms with E-state index in [2.05, 4.69) is 74.3 Å². The van der Waals surface area contributed by atoms with E-state index in [1.165, 1.54) is 33.3 Å². The molecule has 0 unspecified atom stereocenters. The van der Waals surface area contributed by atoms with Gasteiger partial charge in [0.25, 0.3) is 0 Å². The summed E-state index contributed by atoms with van der Waals surface area (Å²) in [5.41, 5.74) is 6.34. The van der Waals surface area contributed by atoms with E-state index in [4.69, 9.17) is 0 Å². The molecule has 0 aliphatic heterocycles. The number of aromatic nitrogens is 1. The third kappa shape index (κ3) is 2.28. The second-order valence-corrected chi connectivity index (χ2v) is 5.55. The molecule has 0 aliphatic carbocycles. The van der Waals surface area contributed by atoms with Crippen LogP contribution in [-0.4, -0.2) is 4.98 Å². The first-order valence-electron chi connectivity index (χ1n) is 6.83. The van der Waals surface area contributed by atoms with Crippen LogP contribution >= 0.6 is 0 Å². The molecule has 0 fully saturated rings. The summed E-state index contributed by atoms with van der Waals surface area (Å²) in [5.74, 6) is 0.571. The van der Waals surface area contributed by atoms with Crippen molar-refractivity contribution in [3.63, 3.8) is 0 Å². The zero-order chi connectivity index (χ0) is 13.4. The van der Waals surface area contributed by atoms with Crippen molar-refractivity contribution in [1.29, 1.82) is 0 Å². The molecule has 0 radical (unpaired) electrons. The maximum atomic E-state index is 3.51. The molecule has 1 nitrogen and oxygen atoms in total. The Labute approximate surface area is 114 Å². The lowest BCUT2D eigenvalue weighted by Crippen LogP contribution is -1.85. The van der Waals surface area contributed by atoms with Crippen LogP contribution in [0.4, 0.5) is 0 Å². The van der Waals surface area contributed by atoms with Crippen molar-refractivity contribution in [3.05, 3.63) is 59.7 Å². The highest BCUT2D eigenvalue weighted by Gasteiger charge is 2.05. The van der Waals surface area contributed by atoms with E-state index in [0.29, 0.717) is 5.92 Å². The topological polar surface area (TPSA) is 15.8 Å². The molecule has 1 N–H and O–H groups in total. The van der Waals surface area contributed by atoms with E-state index >= 15 is 0 Å². The van der Waals surface area contributed by atoms with Gasteiger partial charge in [-0.2, -0.15) is 0 Å². The van der Waals surface area contributed by atoms with Gasteiger partial charge in [0, 0.05) is 16.6 Å². The molecule has 1 heterocycles. The Bertz CT molecular complexity index is 719. The molecule has 0 bridgehead atoms. The lowest BCUT2D eigenvalue weighted by molar-refractivity contribution is 0.869. The second kappa shape index (κ2) is 4.58. The number of benzene rings is 2. The van der Waals surface area contributed by atoms with Crippen LogP contribution in [-0.2, 0) is 0 Å². The van der Waals surface area contributed by atoms with Gasteiger partial charge in [-0.15, -0.1) is 0 Å². The van der Waals surface area contributed by atoms with Gasteiger partial charge in [0.15, 0.2) is 0 Å². The van der Waals surface area contributed by atoms with Gasteiger partial charge in [0.2, 0.25) is 0 Å². The monoisotopic (exact) mass is 249 g/mol. The quantitative estimate of drug-likeness (QED) is 0.637. The van der Waals surface area contributed by atoms with Crippen LogP contribution < -0.4 is 0 Å². The number of aryl methyl sites for hydroxylation is 1. The van der Waals surface area contributed by atoms with Crippen molar-refractivity contribution in [2.24, 2.45) is 0 Å². The molecule has 0 atom stereocenters. The van der Waals surface area contributed by atoms with Gasteiger partial charge in [0.05, 0.1) is 0 Å². The summed E-state index contributed by atoms with van der Waals surface area (Å²) in [6.45, 7) is 6.59. The van der Waals surface area contributed by atoms with Gasteiger partial charge in [-0.25, -0.2) is 0 Å². The van der Waals surface area contributed by atoms with Crippen LogP contribution in [0.3, 0.4) is 0 Å². The van der Waals surface area contributed by atoms with Gasteiger partial charge in [-0.3, -0.25) is 0 Å². The first-order chi connectivity index (χ1) is 9.13. The van der Waals surface area contributed by atoms with Crippen molar-refractivity contribution < 1.29 is 0 Å². The number of aromatic amines is 1. The Balaban J connectivity index is 2.11. The average Bonchev–Trinajstić information content (AvgIpc) is 2.81. The lowest BCUT2D eigenvalue weighted by atomic mass is 10.0. The number of nitrogens with one attached hydrogen (secondary N) is 1. The van der Waals surface area contributed by atoms with E-state index in [-0.39, 0.29) is 0 Å². The van der Waals surface area contributed by atoms with Crippen LogP contribution in [0.15, 0.2) is 48.5 Å². The van der Waals surface area contributed by atoms with Crippen LogP contribution in [0, 0.1) is 6.92 Å². The van der Waals surface area contributed by atoms with Crippen LogP contribution in [0.1, 0.15) is 30.9 Å². The molecule has 0 aliphatic rings. The summed E-state index contributed by atoms with van der Waals surface area (Å²) in [7, 11) is 0. The summed E-state index contributed by atoms with van der Waals surface area (Å²) in [4.78, 5) is 3.51. The highest BCUT2D eigenvalue weighted by atomic mass is 14.7. The Morgan fingerprint density at radius 1 is 0.947 bits per heavy atom. The normalized spacial score (nSPS) is 11.4. The van der Waals surface area contributed by atoms with Crippen molar-refractivity contribution in [1.82, 2.24) is 4.98 Å². The van der Waals surface area contributed by atoms with Crippen molar-refractivity contribution >= 4 is 10.9 Å². The number of fused-ring (bicyclic) bond motifs is 1. The van der Waals surface area contributed by atoms with Crippen molar-refractivity contribution in [2.75, 3.05) is 0 Å². The fourth-order valence-corrected chi connectivity index (χ4v) is 2.48. The SMILES string of the molecule is Cc1cccc(-c2cc3cc(C(C)C)ccc3[nH]2)c1. The molecule has 0 amide bonds. The van der Waals surface area contributed by atoms with Gasteiger partial charge in [-0.1, -0.05) is 43.7 Å². The molecule has 3 rings (SSSR count). The van der Waals surface area contributed by atoms with Gasteiger partial charge in [0.1, 0.15) is 0 Å². The maximum Gasteiger partial charge on any atom is 0.0464 e. The fourth-order valence-electron chi connectivity index (χ4n) is 2.48. The largest absolute Gasteiger partial charge is 0.355 e. The number of hydrogen-bond acceptors (Lipinski definition) is 0. The number of H-pyrrole nitrogens is 1. The summed E-state index contributed by atoms with van der Waals surface area (Å²) in [6, 6.07) is 17.5. The molecule has 0 spiro atoms. The highest BCUT2D eigenvalue weighted by Crippen LogP contribution is 2.27. The Morgan fingerprint density at radius 3 is 2.53 bits per heavy atom. The Hall–Kier alpha value is -2.02. The minimum Gasteiger partial charge on any atom is -0.355 e. The first-order valence-corrected chi connectivity index (χ1v) is 6.83. The van der Waals surface area contributed by atoms with Gasteiger partial charge in [-0.05, 0) is 48.2 Å². The standard InChI is InChI=1S/C18H19N/c1-12(2)14-7-8-17-16(10-14)11-18(19-17)15-6-4-5-13(3)9-15/h4-12,19H,1-3H3. The van der Waals surface area contributed by atoms with E-state index in [1.807, 2.05) is 0 Å². The summed E-state index contributed by atoms with van der Waals surface area (Å²) >= 11 is 0. The Morgan fingerprint density at radius 2 is 1.79 bits per heavy atom. The zero-order valence-corrected chi connectivity index (χ0v) is 11.7. The molecule has 0 saturated carbocycles.